The van der Waals surface area contributed by atoms with E-state index in [1.807, 2.05) is 32.7 Å². The smallest absolute Gasteiger partial charge is 0.311 e. The summed E-state index contributed by atoms with van der Waals surface area (Å²) in [6.45, 7) is 7.52. The van der Waals surface area contributed by atoms with E-state index in [4.69, 9.17) is 9.84 Å². The molecule has 0 radical (unpaired) electrons. The van der Waals surface area contributed by atoms with Crippen molar-refractivity contribution in [1.29, 1.82) is 0 Å². The standard InChI is InChI=1S/C11H23NO3/c1-5-11(2,3)10(14)15-9-7-12(4)6-8-13/h13H,5-9H2,1-4H3. The highest BCUT2D eigenvalue weighted by molar-refractivity contribution is 5.75. The lowest BCUT2D eigenvalue weighted by Gasteiger charge is -2.21. The van der Waals surface area contributed by atoms with Crippen LogP contribution in [0.4, 0.5) is 0 Å². The molecule has 0 aliphatic carbocycles. The van der Waals surface area contributed by atoms with E-state index in [9.17, 15) is 4.79 Å². The summed E-state index contributed by atoms with van der Waals surface area (Å²) < 4.78 is 5.15. The maximum absolute atomic E-state index is 11.5. The molecule has 0 unspecified atom stereocenters. The molecule has 4 nitrogen and oxygen atoms in total. The number of esters is 1. The van der Waals surface area contributed by atoms with Gasteiger partial charge in [0.05, 0.1) is 12.0 Å². The first-order valence-corrected chi connectivity index (χ1v) is 5.40. The second-order valence-corrected chi connectivity index (χ2v) is 4.40. The lowest BCUT2D eigenvalue weighted by Crippen LogP contribution is -2.31. The number of likely N-dealkylation sites (N-methyl/N-ethyl adjacent to an activating group) is 1. The molecule has 0 amide bonds. The van der Waals surface area contributed by atoms with Crippen molar-refractivity contribution < 1.29 is 14.6 Å². The van der Waals surface area contributed by atoms with E-state index < -0.39 is 5.41 Å². The van der Waals surface area contributed by atoms with E-state index in [-0.39, 0.29) is 12.6 Å². The summed E-state index contributed by atoms with van der Waals surface area (Å²) in [4.78, 5) is 13.5. The van der Waals surface area contributed by atoms with Gasteiger partial charge in [-0.3, -0.25) is 4.79 Å². The maximum atomic E-state index is 11.5. The fourth-order valence-electron chi connectivity index (χ4n) is 0.916. The Labute approximate surface area is 92.2 Å². The summed E-state index contributed by atoms with van der Waals surface area (Å²) in [5, 5.41) is 8.66. The van der Waals surface area contributed by atoms with Crippen LogP contribution in [-0.2, 0) is 9.53 Å². The molecule has 0 aromatic heterocycles. The summed E-state index contributed by atoms with van der Waals surface area (Å²) in [5.41, 5.74) is -0.393. The molecule has 0 saturated heterocycles. The van der Waals surface area contributed by atoms with Crippen LogP contribution in [0.2, 0.25) is 0 Å². The SMILES string of the molecule is CCC(C)(C)C(=O)OCCN(C)CCO. The van der Waals surface area contributed by atoms with Crippen LogP contribution in [0.15, 0.2) is 0 Å². The van der Waals surface area contributed by atoms with Crippen LogP contribution < -0.4 is 0 Å². The van der Waals surface area contributed by atoms with Gasteiger partial charge < -0.3 is 14.7 Å². The Morgan fingerprint density at radius 1 is 1.40 bits per heavy atom. The van der Waals surface area contributed by atoms with Gasteiger partial charge >= 0.3 is 5.97 Å². The predicted octanol–water partition coefficient (Wildman–Crippen LogP) is 0.890. The van der Waals surface area contributed by atoms with E-state index >= 15 is 0 Å². The van der Waals surface area contributed by atoms with Crippen molar-refractivity contribution in [2.45, 2.75) is 27.2 Å². The summed E-state index contributed by atoms with van der Waals surface area (Å²) in [7, 11) is 1.88. The zero-order chi connectivity index (χ0) is 11.9. The van der Waals surface area contributed by atoms with Crippen molar-refractivity contribution in [2.75, 3.05) is 33.4 Å². The maximum Gasteiger partial charge on any atom is 0.311 e. The van der Waals surface area contributed by atoms with Crippen molar-refractivity contribution in [3.8, 4) is 0 Å². The minimum Gasteiger partial charge on any atom is -0.464 e. The van der Waals surface area contributed by atoms with Gasteiger partial charge in [-0.05, 0) is 27.3 Å². The van der Waals surface area contributed by atoms with Crippen LogP contribution in [0.1, 0.15) is 27.2 Å². The molecule has 90 valence electrons. The molecule has 0 aliphatic rings. The monoisotopic (exact) mass is 217 g/mol. The topological polar surface area (TPSA) is 49.8 Å². The van der Waals surface area contributed by atoms with Gasteiger partial charge in [-0.15, -0.1) is 0 Å². The van der Waals surface area contributed by atoms with Crippen LogP contribution in [0.5, 0.6) is 0 Å². The summed E-state index contributed by atoms with van der Waals surface area (Å²) in [5.74, 6) is -0.151. The number of rotatable bonds is 7. The number of aliphatic hydroxyl groups excluding tert-OH is 1. The van der Waals surface area contributed by atoms with Crippen molar-refractivity contribution in [3.05, 3.63) is 0 Å². The van der Waals surface area contributed by atoms with Crippen LogP contribution in [0.3, 0.4) is 0 Å². The van der Waals surface area contributed by atoms with Crippen molar-refractivity contribution >= 4 is 5.97 Å². The Bertz CT molecular complexity index is 192. The third kappa shape index (κ3) is 5.74. The number of hydrogen-bond donors (Lipinski definition) is 1. The molecular formula is C11H23NO3. The van der Waals surface area contributed by atoms with Crippen LogP contribution in [-0.4, -0.2) is 49.3 Å². The van der Waals surface area contributed by atoms with Crippen molar-refractivity contribution in [2.24, 2.45) is 5.41 Å². The molecule has 4 heteroatoms. The number of aliphatic hydroxyl groups is 1. The number of hydrogen-bond acceptors (Lipinski definition) is 4. The Morgan fingerprint density at radius 3 is 2.47 bits per heavy atom. The fraction of sp³-hybridized carbons (Fsp3) is 0.909. The lowest BCUT2D eigenvalue weighted by molar-refractivity contribution is -0.154. The van der Waals surface area contributed by atoms with Crippen LogP contribution >= 0.6 is 0 Å². The van der Waals surface area contributed by atoms with Gasteiger partial charge in [0.15, 0.2) is 0 Å². The minimum atomic E-state index is -0.393. The predicted molar refractivity (Wildman–Crippen MR) is 59.6 cm³/mol. The highest BCUT2D eigenvalue weighted by Gasteiger charge is 2.26. The highest BCUT2D eigenvalue weighted by atomic mass is 16.5. The average Bonchev–Trinajstić information content (AvgIpc) is 2.18. The van der Waals surface area contributed by atoms with E-state index in [2.05, 4.69) is 0 Å². The second-order valence-electron chi connectivity index (χ2n) is 4.40. The highest BCUT2D eigenvalue weighted by Crippen LogP contribution is 2.21. The van der Waals surface area contributed by atoms with Gasteiger partial charge in [0, 0.05) is 13.1 Å². The zero-order valence-electron chi connectivity index (χ0n) is 10.2. The number of carbonyl (C=O) groups excluding carboxylic acids is 1. The van der Waals surface area contributed by atoms with E-state index in [0.717, 1.165) is 6.42 Å². The van der Waals surface area contributed by atoms with Gasteiger partial charge in [-0.25, -0.2) is 0 Å². The van der Waals surface area contributed by atoms with Gasteiger partial charge in [0.2, 0.25) is 0 Å². The molecular weight excluding hydrogens is 194 g/mol. The Morgan fingerprint density at radius 2 is 2.00 bits per heavy atom. The third-order valence-electron chi connectivity index (χ3n) is 2.62. The Balaban J connectivity index is 3.73. The fourth-order valence-corrected chi connectivity index (χ4v) is 0.916. The lowest BCUT2D eigenvalue weighted by atomic mass is 9.91. The van der Waals surface area contributed by atoms with Gasteiger partial charge in [-0.1, -0.05) is 6.92 Å². The second kappa shape index (κ2) is 6.80. The molecule has 0 fully saturated rings. The molecule has 1 N–H and O–H groups in total. The minimum absolute atomic E-state index is 0.130. The third-order valence-corrected chi connectivity index (χ3v) is 2.62. The van der Waals surface area contributed by atoms with Crippen LogP contribution in [0.25, 0.3) is 0 Å². The molecule has 0 atom stereocenters. The van der Waals surface area contributed by atoms with Gasteiger partial charge in [-0.2, -0.15) is 0 Å². The molecule has 0 saturated carbocycles. The molecule has 0 aromatic rings. The number of ether oxygens (including phenoxy) is 1. The first kappa shape index (κ1) is 14.4. The first-order chi connectivity index (χ1) is 6.94. The molecule has 0 aromatic carbocycles. The van der Waals surface area contributed by atoms with E-state index in [1.54, 1.807) is 0 Å². The zero-order valence-corrected chi connectivity index (χ0v) is 10.2. The van der Waals surface area contributed by atoms with E-state index in [0.29, 0.717) is 19.7 Å². The Kier molecular flexibility index (Phi) is 6.52. The normalized spacial score (nSPS) is 11.9. The average molecular weight is 217 g/mol. The number of carbonyl (C=O) groups is 1. The molecule has 0 rings (SSSR count). The molecule has 0 spiro atoms. The molecule has 0 bridgehead atoms. The Hall–Kier alpha value is -0.610. The molecule has 0 aliphatic heterocycles. The molecule has 0 heterocycles. The quantitative estimate of drug-likeness (QED) is 0.643. The van der Waals surface area contributed by atoms with Crippen molar-refractivity contribution in [1.82, 2.24) is 4.90 Å². The summed E-state index contributed by atoms with van der Waals surface area (Å²) in [6.07, 6.45) is 0.776. The van der Waals surface area contributed by atoms with Crippen molar-refractivity contribution in [3.63, 3.8) is 0 Å². The summed E-state index contributed by atoms with van der Waals surface area (Å²) in [6, 6.07) is 0. The first-order valence-electron chi connectivity index (χ1n) is 5.40. The van der Waals surface area contributed by atoms with Gasteiger partial charge in [0.1, 0.15) is 6.61 Å². The van der Waals surface area contributed by atoms with Gasteiger partial charge in [0.25, 0.3) is 0 Å². The van der Waals surface area contributed by atoms with E-state index in [1.165, 1.54) is 0 Å². The summed E-state index contributed by atoms with van der Waals surface area (Å²) >= 11 is 0. The van der Waals surface area contributed by atoms with Crippen LogP contribution in [0, 0.1) is 5.41 Å². The molecule has 15 heavy (non-hydrogen) atoms. The largest absolute Gasteiger partial charge is 0.464 e. The number of nitrogens with zero attached hydrogens (tertiary/aromatic N) is 1.